The van der Waals surface area contributed by atoms with E-state index in [-0.39, 0.29) is 5.82 Å². The Morgan fingerprint density at radius 3 is 2.88 bits per heavy atom. The summed E-state index contributed by atoms with van der Waals surface area (Å²) in [6.45, 7) is 0. The van der Waals surface area contributed by atoms with E-state index in [1.165, 1.54) is 18.5 Å². The van der Waals surface area contributed by atoms with Crippen LogP contribution in [-0.4, -0.2) is 15.0 Å². The largest absolute Gasteiger partial charge is 0.345 e. The van der Waals surface area contributed by atoms with E-state index < -0.39 is 0 Å². The Labute approximate surface area is 97.4 Å². The van der Waals surface area contributed by atoms with Crippen LogP contribution in [-0.2, 0) is 0 Å². The topological polar surface area (TPSA) is 37.8 Å². The van der Waals surface area contributed by atoms with Crippen LogP contribution in [0.2, 0.25) is 0 Å². The van der Waals surface area contributed by atoms with Crippen molar-refractivity contribution in [1.29, 1.82) is 0 Å². The molecule has 0 atom stereocenters. The van der Waals surface area contributed by atoms with E-state index in [1.807, 2.05) is 0 Å². The van der Waals surface area contributed by atoms with Crippen LogP contribution in [0.4, 0.5) is 10.1 Å². The Morgan fingerprint density at radius 1 is 1.31 bits per heavy atom. The Balaban J connectivity index is 2.14. The first-order valence-electron chi connectivity index (χ1n) is 4.58. The minimum atomic E-state index is -0.310. The summed E-state index contributed by atoms with van der Waals surface area (Å²) >= 11 is 5.12. The summed E-state index contributed by atoms with van der Waals surface area (Å²) in [6.07, 6.45) is 3.01. The molecule has 2 rings (SSSR count). The summed E-state index contributed by atoms with van der Waals surface area (Å²) in [4.78, 5) is 8.22. The number of anilines is 1. The van der Waals surface area contributed by atoms with Gasteiger partial charge in [0.15, 0.2) is 0 Å². The SMILES string of the molecule is Fc1cccc(NC(=S)c2ccncn2)c1. The molecule has 5 heteroatoms. The third-order valence-corrected chi connectivity index (χ3v) is 2.21. The van der Waals surface area contributed by atoms with Crippen molar-refractivity contribution in [3.8, 4) is 0 Å². The zero-order chi connectivity index (χ0) is 11.4. The fourth-order valence-electron chi connectivity index (χ4n) is 1.19. The highest BCUT2D eigenvalue weighted by Gasteiger charge is 2.02. The van der Waals surface area contributed by atoms with Crippen molar-refractivity contribution >= 4 is 22.9 Å². The zero-order valence-corrected chi connectivity index (χ0v) is 9.04. The maximum Gasteiger partial charge on any atom is 0.129 e. The smallest absolute Gasteiger partial charge is 0.129 e. The molecule has 0 bridgehead atoms. The minimum Gasteiger partial charge on any atom is -0.345 e. The van der Waals surface area contributed by atoms with Gasteiger partial charge in [-0.1, -0.05) is 18.3 Å². The van der Waals surface area contributed by atoms with E-state index in [0.717, 1.165) is 0 Å². The van der Waals surface area contributed by atoms with Crippen LogP contribution in [0.3, 0.4) is 0 Å². The molecule has 0 spiro atoms. The maximum atomic E-state index is 12.9. The highest BCUT2D eigenvalue weighted by Crippen LogP contribution is 2.10. The molecule has 0 aliphatic rings. The Bertz CT molecular complexity index is 502. The molecule has 1 heterocycles. The fraction of sp³-hybridized carbons (Fsp3) is 0. The molecule has 0 saturated carbocycles. The number of hydrogen-bond donors (Lipinski definition) is 1. The average molecular weight is 233 g/mol. The predicted octanol–water partition coefficient (Wildman–Crippen LogP) is 2.40. The first kappa shape index (κ1) is 10.6. The van der Waals surface area contributed by atoms with E-state index >= 15 is 0 Å². The summed E-state index contributed by atoms with van der Waals surface area (Å²) in [5.74, 6) is -0.310. The van der Waals surface area contributed by atoms with Gasteiger partial charge >= 0.3 is 0 Å². The molecule has 1 N–H and O–H groups in total. The number of halogens is 1. The molecule has 1 aromatic carbocycles. The number of aromatic nitrogens is 2. The van der Waals surface area contributed by atoms with Gasteiger partial charge in [-0.25, -0.2) is 14.4 Å². The molecule has 0 unspecified atom stereocenters. The van der Waals surface area contributed by atoms with Crippen LogP contribution in [0.15, 0.2) is 42.9 Å². The summed E-state index contributed by atoms with van der Waals surface area (Å²) in [5, 5.41) is 2.90. The van der Waals surface area contributed by atoms with E-state index in [4.69, 9.17) is 12.2 Å². The highest BCUT2D eigenvalue weighted by atomic mass is 32.1. The van der Waals surface area contributed by atoms with Crippen molar-refractivity contribution in [1.82, 2.24) is 9.97 Å². The lowest BCUT2D eigenvalue weighted by molar-refractivity contribution is 0.628. The Hall–Kier alpha value is -1.88. The van der Waals surface area contributed by atoms with E-state index in [0.29, 0.717) is 16.4 Å². The summed E-state index contributed by atoms with van der Waals surface area (Å²) in [7, 11) is 0. The zero-order valence-electron chi connectivity index (χ0n) is 8.22. The number of rotatable bonds is 2. The molecule has 0 saturated heterocycles. The molecular weight excluding hydrogens is 225 g/mol. The average Bonchev–Trinajstić information content (AvgIpc) is 2.30. The third kappa shape index (κ3) is 2.58. The van der Waals surface area contributed by atoms with Crippen molar-refractivity contribution < 1.29 is 4.39 Å². The molecule has 3 nitrogen and oxygen atoms in total. The summed E-state index contributed by atoms with van der Waals surface area (Å²) < 4.78 is 12.9. The van der Waals surface area contributed by atoms with Gasteiger partial charge in [-0.15, -0.1) is 0 Å². The standard InChI is InChI=1S/C11H8FN3S/c12-8-2-1-3-9(6-8)15-11(16)10-4-5-13-7-14-10/h1-7H,(H,15,16). The Morgan fingerprint density at radius 2 is 2.19 bits per heavy atom. The predicted molar refractivity (Wildman–Crippen MR) is 63.8 cm³/mol. The third-order valence-electron chi connectivity index (χ3n) is 1.90. The monoisotopic (exact) mass is 233 g/mol. The lowest BCUT2D eigenvalue weighted by atomic mass is 10.3. The summed E-state index contributed by atoms with van der Waals surface area (Å²) in [5.41, 5.74) is 1.21. The lowest BCUT2D eigenvalue weighted by Gasteiger charge is -2.06. The Kier molecular flexibility index (Phi) is 3.16. The molecule has 0 aliphatic carbocycles. The van der Waals surface area contributed by atoms with Crippen LogP contribution in [0.25, 0.3) is 0 Å². The van der Waals surface area contributed by atoms with Gasteiger partial charge < -0.3 is 5.32 Å². The lowest BCUT2D eigenvalue weighted by Crippen LogP contribution is -2.12. The molecular formula is C11H8FN3S. The molecule has 0 aliphatic heterocycles. The second-order valence-corrected chi connectivity index (χ2v) is 3.47. The second kappa shape index (κ2) is 4.76. The van der Waals surface area contributed by atoms with Gasteiger partial charge in [0.2, 0.25) is 0 Å². The fourth-order valence-corrected chi connectivity index (χ4v) is 1.42. The van der Waals surface area contributed by atoms with Crippen LogP contribution >= 0.6 is 12.2 Å². The van der Waals surface area contributed by atoms with Gasteiger partial charge in [-0.05, 0) is 24.3 Å². The van der Waals surface area contributed by atoms with Gasteiger partial charge in [0, 0.05) is 11.9 Å². The number of nitrogens with one attached hydrogen (secondary N) is 1. The van der Waals surface area contributed by atoms with Crippen LogP contribution in [0.1, 0.15) is 5.69 Å². The van der Waals surface area contributed by atoms with Gasteiger partial charge in [0.1, 0.15) is 22.8 Å². The van der Waals surface area contributed by atoms with Crippen molar-refractivity contribution in [3.63, 3.8) is 0 Å². The van der Waals surface area contributed by atoms with E-state index in [9.17, 15) is 4.39 Å². The van der Waals surface area contributed by atoms with Crippen molar-refractivity contribution in [2.24, 2.45) is 0 Å². The highest BCUT2D eigenvalue weighted by molar-refractivity contribution is 7.81. The molecule has 1 aromatic heterocycles. The number of nitrogens with zero attached hydrogens (tertiary/aromatic N) is 2. The quantitative estimate of drug-likeness (QED) is 0.808. The van der Waals surface area contributed by atoms with Crippen molar-refractivity contribution in [3.05, 3.63) is 54.4 Å². The second-order valence-electron chi connectivity index (χ2n) is 3.06. The van der Waals surface area contributed by atoms with Crippen molar-refractivity contribution in [2.75, 3.05) is 5.32 Å². The molecule has 0 fully saturated rings. The number of hydrogen-bond acceptors (Lipinski definition) is 3. The van der Waals surface area contributed by atoms with Crippen molar-refractivity contribution in [2.45, 2.75) is 0 Å². The van der Waals surface area contributed by atoms with Gasteiger partial charge in [0.05, 0.1) is 0 Å². The van der Waals surface area contributed by atoms with Gasteiger partial charge in [-0.2, -0.15) is 0 Å². The van der Waals surface area contributed by atoms with Gasteiger partial charge in [-0.3, -0.25) is 0 Å². The van der Waals surface area contributed by atoms with Crippen LogP contribution in [0.5, 0.6) is 0 Å². The molecule has 0 radical (unpaired) electrons. The minimum absolute atomic E-state index is 0.310. The number of thiocarbonyl (C=S) groups is 1. The molecule has 16 heavy (non-hydrogen) atoms. The van der Waals surface area contributed by atoms with Crippen LogP contribution in [0, 0.1) is 5.82 Å². The first-order chi connectivity index (χ1) is 7.75. The number of benzene rings is 1. The first-order valence-corrected chi connectivity index (χ1v) is 4.99. The molecule has 0 amide bonds. The van der Waals surface area contributed by atoms with E-state index in [1.54, 1.807) is 24.4 Å². The van der Waals surface area contributed by atoms with Gasteiger partial charge in [0.25, 0.3) is 0 Å². The normalized spacial score (nSPS) is 9.81. The molecule has 2 aromatic rings. The van der Waals surface area contributed by atoms with E-state index in [2.05, 4.69) is 15.3 Å². The molecule has 80 valence electrons. The summed E-state index contributed by atoms with van der Waals surface area (Å²) in [6, 6.07) is 7.78. The van der Waals surface area contributed by atoms with Crippen LogP contribution < -0.4 is 5.32 Å². The maximum absolute atomic E-state index is 12.9.